The summed E-state index contributed by atoms with van der Waals surface area (Å²) in [7, 11) is 0. The normalized spacial score (nSPS) is 14.9. The van der Waals surface area contributed by atoms with Crippen LogP contribution in [0.5, 0.6) is 0 Å². The van der Waals surface area contributed by atoms with Crippen LogP contribution >= 0.6 is 0 Å². The molecule has 0 saturated carbocycles. The Bertz CT molecular complexity index is 1210. The van der Waals surface area contributed by atoms with Gasteiger partial charge in [0.2, 0.25) is 0 Å². The van der Waals surface area contributed by atoms with Crippen LogP contribution in [0.25, 0.3) is 11.9 Å². The molecule has 3 heterocycles. The number of hydrogen-bond acceptors (Lipinski definition) is 5. The van der Waals surface area contributed by atoms with E-state index in [1.54, 1.807) is 12.3 Å². The van der Waals surface area contributed by atoms with E-state index >= 15 is 0 Å². The minimum Gasteiger partial charge on any atom is -0.303 e. The van der Waals surface area contributed by atoms with Crippen molar-refractivity contribution in [3.8, 4) is 5.82 Å². The number of pyridine rings is 1. The zero-order valence-electron chi connectivity index (χ0n) is 16.9. The zero-order chi connectivity index (χ0) is 22.1. The first-order valence-electron chi connectivity index (χ1n) is 9.53. The van der Waals surface area contributed by atoms with E-state index in [0.29, 0.717) is 5.56 Å². The fourth-order valence-corrected chi connectivity index (χ4v) is 3.55. The third-order valence-electron chi connectivity index (χ3n) is 5.10. The summed E-state index contributed by atoms with van der Waals surface area (Å²) in [6.45, 7) is 3.89. The first-order chi connectivity index (χ1) is 14.8. The van der Waals surface area contributed by atoms with E-state index in [0.717, 1.165) is 27.7 Å². The highest BCUT2D eigenvalue weighted by Gasteiger charge is 2.33. The molecule has 0 aliphatic carbocycles. The maximum Gasteiger partial charge on any atom is 0.329 e. The molecule has 0 radical (unpaired) electrons. The highest BCUT2D eigenvalue weighted by molar-refractivity contribution is 6.14. The van der Waals surface area contributed by atoms with Crippen molar-refractivity contribution in [1.82, 2.24) is 19.8 Å². The van der Waals surface area contributed by atoms with Gasteiger partial charge in [0.1, 0.15) is 11.5 Å². The number of carbonyl (C=O) groups excluding carboxylic acids is 2. The Balaban J connectivity index is 1.58. The first-order valence-corrected chi connectivity index (χ1v) is 9.53. The number of aryl methyl sites for hydroxylation is 1. The molecule has 0 atom stereocenters. The van der Waals surface area contributed by atoms with Gasteiger partial charge in [-0.1, -0.05) is 18.2 Å². The Kier molecular flexibility index (Phi) is 5.08. The molecule has 31 heavy (non-hydrogen) atoms. The van der Waals surface area contributed by atoms with Gasteiger partial charge in [0.25, 0.3) is 11.6 Å². The van der Waals surface area contributed by atoms with Crippen molar-refractivity contribution < 1.29 is 14.5 Å². The van der Waals surface area contributed by atoms with Crippen LogP contribution < -0.4 is 5.32 Å². The number of carbonyl (C=O) groups is 2. The van der Waals surface area contributed by atoms with E-state index < -0.39 is 16.9 Å². The monoisotopic (exact) mass is 417 g/mol. The topological polar surface area (TPSA) is 110 Å². The van der Waals surface area contributed by atoms with Crippen molar-refractivity contribution in [3.63, 3.8) is 0 Å². The van der Waals surface area contributed by atoms with Gasteiger partial charge < -0.3 is 9.88 Å². The number of hydrogen-bond donors (Lipinski definition) is 1. The Hall–Kier alpha value is -4.27. The van der Waals surface area contributed by atoms with Crippen LogP contribution in [0.1, 0.15) is 22.5 Å². The fourth-order valence-electron chi connectivity index (χ4n) is 3.55. The maximum absolute atomic E-state index is 12.8. The second kappa shape index (κ2) is 7.86. The van der Waals surface area contributed by atoms with Gasteiger partial charge in [-0.05, 0) is 49.2 Å². The standard InChI is InChI=1S/C22H19N5O4/c1-14-11-17(15(2)26(14)20-5-3-4-10-23-20)12-19-21(28)25(22(29)24-19)13-16-6-8-18(9-7-16)27(30)31/h3-12H,13H2,1-2H3,(H,24,29)/b19-12-. The van der Waals surface area contributed by atoms with Crippen LogP contribution in [0.2, 0.25) is 0 Å². The van der Waals surface area contributed by atoms with Crippen molar-refractivity contribution >= 4 is 23.7 Å². The molecular weight excluding hydrogens is 398 g/mol. The quantitative estimate of drug-likeness (QED) is 0.296. The summed E-state index contributed by atoms with van der Waals surface area (Å²) in [5, 5.41) is 13.4. The second-order valence-electron chi connectivity index (χ2n) is 7.15. The van der Waals surface area contributed by atoms with Crippen LogP contribution in [0, 0.1) is 24.0 Å². The summed E-state index contributed by atoms with van der Waals surface area (Å²) in [4.78, 5) is 40.9. The predicted molar refractivity (Wildman–Crippen MR) is 113 cm³/mol. The molecule has 3 amide bonds. The number of benzene rings is 1. The van der Waals surface area contributed by atoms with Crippen molar-refractivity contribution in [1.29, 1.82) is 0 Å². The molecule has 1 aliphatic heterocycles. The molecule has 1 aromatic carbocycles. The molecule has 1 aliphatic rings. The van der Waals surface area contributed by atoms with Gasteiger partial charge in [-0.15, -0.1) is 0 Å². The Morgan fingerprint density at radius 2 is 1.87 bits per heavy atom. The molecule has 156 valence electrons. The predicted octanol–water partition coefficient (Wildman–Crippen LogP) is 3.49. The minimum atomic E-state index is -0.534. The van der Waals surface area contributed by atoms with Gasteiger partial charge in [-0.25, -0.2) is 9.78 Å². The molecule has 1 fully saturated rings. The second-order valence-corrected chi connectivity index (χ2v) is 7.15. The van der Waals surface area contributed by atoms with Crippen molar-refractivity contribution in [3.05, 3.63) is 93.1 Å². The Morgan fingerprint density at radius 3 is 2.52 bits per heavy atom. The summed E-state index contributed by atoms with van der Waals surface area (Å²) in [5.74, 6) is 0.315. The molecule has 0 unspecified atom stereocenters. The Labute approximate surface area is 177 Å². The largest absolute Gasteiger partial charge is 0.329 e. The van der Waals surface area contributed by atoms with E-state index in [4.69, 9.17) is 0 Å². The number of nitro groups is 1. The molecular formula is C22H19N5O4. The number of nitrogens with one attached hydrogen (secondary N) is 1. The lowest BCUT2D eigenvalue weighted by atomic mass is 10.2. The van der Waals surface area contributed by atoms with Crippen LogP contribution in [-0.4, -0.2) is 31.3 Å². The summed E-state index contributed by atoms with van der Waals surface area (Å²) < 4.78 is 1.97. The van der Waals surface area contributed by atoms with Gasteiger partial charge in [0.05, 0.1) is 11.5 Å². The van der Waals surface area contributed by atoms with Gasteiger partial charge in [-0.3, -0.25) is 19.8 Å². The minimum absolute atomic E-state index is 0.0208. The number of aromatic nitrogens is 2. The van der Waals surface area contributed by atoms with Gasteiger partial charge in [-0.2, -0.15) is 0 Å². The number of nitro benzene ring substituents is 1. The molecule has 2 aromatic heterocycles. The van der Waals surface area contributed by atoms with Crippen molar-refractivity contribution in [2.24, 2.45) is 0 Å². The highest BCUT2D eigenvalue weighted by atomic mass is 16.6. The van der Waals surface area contributed by atoms with Gasteiger partial charge in [0.15, 0.2) is 0 Å². The molecule has 0 bridgehead atoms. The number of nitrogens with zero attached hydrogens (tertiary/aromatic N) is 4. The molecule has 1 saturated heterocycles. The van der Waals surface area contributed by atoms with Gasteiger partial charge in [0, 0.05) is 29.7 Å². The molecule has 9 nitrogen and oxygen atoms in total. The average molecular weight is 417 g/mol. The van der Waals surface area contributed by atoms with E-state index in [1.807, 2.05) is 42.7 Å². The van der Waals surface area contributed by atoms with E-state index in [2.05, 4.69) is 10.3 Å². The Morgan fingerprint density at radius 1 is 1.13 bits per heavy atom. The van der Waals surface area contributed by atoms with E-state index in [-0.39, 0.29) is 17.9 Å². The number of amides is 3. The molecule has 0 spiro atoms. The summed E-state index contributed by atoms with van der Waals surface area (Å²) in [5.41, 5.74) is 3.37. The van der Waals surface area contributed by atoms with Crippen LogP contribution in [0.15, 0.2) is 60.4 Å². The van der Waals surface area contributed by atoms with Crippen LogP contribution in [-0.2, 0) is 11.3 Å². The smallest absolute Gasteiger partial charge is 0.303 e. The lowest BCUT2D eigenvalue weighted by Gasteiger charge is -2.11. The van der Waals surface area contributed by atoms with E-state index in [9.17, 15) is 19.7 Å². The maximum atomic E-state index is 12.8. The lowest BCUT2D eigenvalue weighted by Crippen LogP contribution is -2.30. The van der Waals surface area contributed by atoms with Crippen molar-refractivity contribution in [2.75, 3.05) is 0 Å². The average Bonchev–Trinajstić information content (AvgIpc) is 3.18. The van der Waals surface area contributed by atoms with Gasteiger partial charge >= 0.3 is 6.03 Å². The summed E-state index contributed by atoms with van der Waals surface area (Å²) >= 11 is 0. The van der Waals surface area contributed by atoms with Crippen LogP contribution in [0.3, 0.4) is 0 Å². The van der Waals surface area contributed by atoms with Crippen molar-refractivity contribution in [2.45, 2.75) is 20.4 Å². The fraction of sp³-hybridized carbons (Fsp3) is 0.136. The van der Waals surface area contributed by atoms with Crippen LogP contribution in [0.4, 0.5) is 10.5 Å². The number of imide groups is 1. The third kappa shape index (κ3) is 3.80. The number of urea groups is 1. The SMILES string of the molecule is Cc1cc(/C=C2\NC(=O)N(Cc3ccc([N+](=O)[O-])cc3)C2=O)c(C)n1-c1ccccn1. The zero-order valence-corrected chi connectivity index (χ0v) is 16.9. The summed E-state index contributed by atoms with van der Waals surface area (Å²) in [6.07, 6.45) is 3.36. The molecule has 3 aromatic rings. The van der Waals surface area contributed by atoms with E-state index in [1.165, 1.54) is 24.3 Å². The summed E-state index contributed by atoms with van der Waals surface area (Å²) in [6, 6.07) is 12.8. The lowest BCUT2D eigenvalue weighted by molar-refractivity contribution is -0.384. The first kappa shape index (κ1) is 20.0. The molecule has 1 N–H and O–H groups in total. The molecule has 9 heteroatoms. The third-order valence-corrected chi connectivity index (χ3v) is 5.10. The molecule has 4 rings (SSSR count). The number of rotatable bonds is 5. The highest BCUT2D eigenvalue weighted by Crippen LogP contribution is 2.24. The number of non-ortho nitro benzene ring substituents is 1.